The lowest BCUT2D eigenvalue weighted by molar-refractivity contribution is 0.475. The van der Waals surface area contributed by atoms with E-state index in [0.29, 0.717) is 5.75 Å². The number of hydrogen-bond acceptors (Lipinski definition) is 1. The van der Waals surface area contributed by atoms with Gasteiger partial charge in [-0.3, -0.25) is 0 Å². The van der Waals surface area contributed by atoms with Crippen molar-refractivity contribution in [2.24, 2.45) is 0 Å². The van der Waals surface area contributed by atoms with Gasteiger partial charge in [0.15, 0.2) is 0 Å². The molecule has 1 aromatic rings. The first kappa shape index (κ1) is 10.8. The molecule has 0 unspecified atom stereocenters. The Morgan fingerprint density at radius 1 is 1.43 bits per heavy atom. The van der Waals surface area contributed by atoms with Crippen LogP contribution in [0.1, 0.15) is 37.8 Å². The molecule has 1 heteroatoms. The van der Waals surface area contributed by atoms with Gasteiger partial charge < -0.3 is 5.11 Å². The van der Waals surface area contributed by atoms with Crippen molar-refractivity contribution in [2.45, 2.75) is 33.6 Å². The minimum atomic E-state index is 0.348. The molecule has 0 saturated heterocycles. The Hall–Kier alpha value is -1.24. The van der Waals surface area contributed by atoms with Crippen molar-refractivity contribution < 1.29 is 5.11 Å². The van der Waals surface area contributed by atoms with Crippen molar-refractivity contribution in [3.63, 3.8) is 0 Å². The number of aryl methyl sites for hydroxylation is 1. The maximum Gasteiger partial charge on any atom is 0.116 e. The van der Waals surface area contributed by atoms with E-state index < -0.39 is 0 Å². The van der Waals surface area contributed by atoms with Gasteiger partial charge in [-0.1, -0.05) is 25.5 Å². The van der Waals surface area contributed by atoms with E-state index in [9.17, 15) is 5.11 Å². The summed E-state index contributed by atoms with van der Waals surface area (Å²) in [7, 11) is 0. The van der Waals surface area contributed by atoms with Crippen molar-refractivity contribution >= 4 is 5.57 Å². The lowest BCUT2D eigenvalue weighted by Gasteiger charge is -2.09. The molecule has 1 rings (SSSR count). The molecule has 0 fully saturated rings. The van der Waals surface area contributed by atoms with Crippen LogP contribution in [0.15, 0.2) is 24.3 Å². The lowest BCUT2D eigenvalue weighted by atomic mass is 9.97. The monoisotopic (exact) mass is 190 g/mol. The van der Waals surface area contributed by atoms with Gasteiger partial charge in [0.1, 0.15) is 5.75 Å². The molecule has 1 aromatic carbocycles. The van der Waals surface area contributed by atoms with Crippen LogP contribution < -0.4 is 0 Å². The average Bonchev–Trinajstić information content (AvgIpc) is 2.18. The number of aromatic hydroxyl groups is 1. The van der Waals surface area contributed by atoms with Crippen molar-refractivity contribution in [2.75, 3.05) is 0 Å². The second kappa shape index (κ2) is 4.85. The summed E-state index contributed by atoms with van der Waals surface area (Å²) >= 11 is 0. The number of hydrogen-bond donors (Lipinski definition) is 1. The molecule has 0 saturated carbocycles. The number of rotatable bonds is 3. The standard InChI is InChI=1S/C13H18O/c1-4-6-11(5-2)13-9-12(14)8-7-10(13)3/h5,7-9,14H,4,6H2,1-3H3/b11-5-. The van der Waals surface area contributed by atoms with Gasteiger partial charge in [0.2, 0.25) is 0 Å². The van der Waals surface area contributed by atoms with Gasteiger partial charge in [-0.25, -0.2) is 0 Å². The van der Waals surface area contributed by atoms with Crippen LogP contribution in [-0.2, 0) is 0 Å². The minimum Gasteiger partial charge on any atom is -0.508 e. The van der Waals surface area contributed by atoms with Crippen LogP contribution in [0.4, 0.5) is 0 Å². The highest BCUT2D eigenvalue weighted by atomic mass is 16.3. The molecule has 0 spiro atoms. The predicted molar refractivity (Wildman–Crippen MR) is 61.4 cm³/mol. The second-order valence-electron chi connectivity index (χ2n) is 3.56. The molecule has 0 atom stereocenters. The molecular weight excluding hydrogens is 172 g/mol. The maximum atomic E-state index is 9.42. The molecule has 1 nitrogen and oxygen atoms in total. The second-order valence-corrected chi connectivity index (χ2v) is 3.56. The van der Waals surface area contributed by atoms with Crippen molar-refractivity contribution in [3.05, 3.63) is 35.4 Å². The van der Waals surface area contributed by atoms with Crippen LogP contribution in [0, 0.1) is 6.92 Å². The van der Waals surface area contributed by atoms with Gasteiger partial charge in [-0.05, 0) is 49.1 Å². The molecule has 76 valence electrons. The molecule has 0 aliphatic heterocycles. The number of benzene rings is 1. The van der Waals surface area contributed by atoms with Crippen LogP contribution in [-0.4, -0.2) is 5.11 Å². The van der Waals surface area contributed by atoms with E-state index in [1.54, 1.807) is 6.07 Å². The van der Waals surface area contributed by atoms with Crippen molar-refractivity contribution in [3.8, 4) is 5.75 Å². The van der Waals surface area contributed by atoms with Crippen LogP contribution in [0.25, 0.3) is 5.57 Å². The summed E-state index contributed by atoms with van der Waals surface area (Å²) in [4.78, 5) is 0. The lowest BCUT2D eigenvalue weighted by Crippen LogP contribution is -1.88. The molecule has 14 heavy (non-hydrogen) atoms. The fourth-order valence-corrected chi connectivity index (χ4v) is 1.66. The van der Waals surface area contributed by atoms with E-state index in [1.165, 1.54) is 16.7 Å². The molecule has 0 aromatic heterocycles. The zero-order chi connectivity index (χ0) is 10.6. The van der Waals surface area contributed by atoms with Crippen LogP contribution in [0.3, 0.4) is 0 Å². The van der Waals surface area contributed by atoms with Gasteiger partial charge in [-0.15, -0.1) is 0 Å². The molecule has 0 aliphatic carbocycles. The van der Waals surface area contributed by atoms with E-state index in [0.717, 1.165) is 12.8 Å². The smallest absolute Gasteiger partial charge is 0.116 e. The zero-order valence-electron chi connectivity index (χ0n) is 9.17. The third-order valence-electron chi connectivity index (χ3n) is 2.43. The fraction of sp³-hybridized carbons (Fsp3) is 0.385. The first-order chi connectivity index (χ1) is 6.69. The summed E-state index contributed by atoms with van der Waals surface area (Å²) < 4.78 is 0. The first-order valence-corrected chi connectivity index (χ1v) is 5.14. The number of allylic oxidation sites excluding steroid dienone is 2. The Morgan fingerprint density at radius 2 is 2.14 bits per heavy atom. The highest BCUT2D eigenvalue weighted by molar-refractivity contribution is 5.69. The van der Waals surface area contributed by atoms with Gasteiger partial charge in [0.05, 0.1) is 0 Å². The number of phenolic OH excluding ortho intramolecular Hbond substituents is 1. The van der Waals surface area contributed by atoms with Gasteiger partial charge in [-0.2, -0.15) is 0 Å². The van der Waals surface area contributed by atoms with Gasteiger partial charge in [0, 0.05) is 0 Å². The predicted octanol–water partition coefficient (Wildman–Crippen LogP) is 3.90. The number of phenols is 1. The molecule has 0 bridgehead atoms. The summed E-state index contributed by atoms with van der Waals surface area (Å²) in [5, 5.41) is 9.42. The molecule has 0 amide bonds. The molecular formula is C13H18O. The summed E-state index contributed by atoms with van der Waals surface area (Å²) in [6.45, 7) is 6.30. The normalized spacial score (nSPS) is 11.8. The summed E-state index contributed by atoms with van der Waals surface area (Å²) in [5.41, 5.74) is 3.72. The Labute approximate surface area is 86.1 Å². The fourth-order valence-electron chi connectivity index (χ4n) is 1.66. The van der Waals surface area contributed by atoms with Crippen molar-refractivity contribution in [1.82, 2.24) is 0 Å². The van der Waals surface area contributed by atoms with Crippen molar-refractivity contribution in [1.29, 1.82) is 0 Å². The zero-order valence-corrected chi connectivity index (χ0v) is 9.17. The third-order valence-corrected chi connectivity index (χ3v) is 2.43. The molecule has 0 radical (unpaired) electrons. The van der Waals surface area contributed by atoms with Crippen LogP contribution in [0.2, 0.25) is 0 Å². The third kappa shape index (κ3) is 2.38. The van der Waals surface area contributed by atoms with E-state index in [-0.39, 0.29) is 0 Å². The van der Waals surface area contributed by atoms with Crippen LogP contribution >= 0.6 is 0 Å². The van der Waals surface area contributed by atoms with Gasteiger partial charge >= 0.3 is 0 Å². The minimum absolute atomic E-state index is 0.348. The average molecular weight is 190 g/mol. The summed E-state index contributed by atoms with van der Waals surface area (Å²) in [5.74, 6) is 0.348. The SMILES string of the molecule is C/C=C(/CCC)c1cc(O)ccc1C. The maximum absolute atomic E-state index is 9.42. The first-order valence-electron chi connectivity index (χ1n) is 5.14. The largest absolute Gasteiger partial charge is 0.508 e. The Bertz CT molecular complexity index is 337. The highest BCUT2D eigenvalue weighted by Gasteiger charge is 2.04. The molecule has 0 aliphatic rings. The van der Waals surface area contributed by atoms with E-state index in [2.05, 4.69) is 26.8 Å². The van der Waals surface area contributed by atoms with E-state index in [1.807, 2.05) is 12.1 Å². The molecule has 0 heterocycles. The molecule has 1 N–H and O–H groups in total. The topological polar surface area (TPSA) is 20.2 Å². The van der Waals surface area contributed by atoms with E-state index in [4.69, 9.17) is 0 Å². The van der Waals surface area contributed by atoms with E-state index >= 15 is 0 Å². The Balaban J connectivity index is 3.09. The van der Waals surface area contributed by atoms with Crippen LogP contribution in [0.5, 0.6) is 5.75 Å². The Morgan fingerprint density at radius 3 is 2.71 bits per heavy atom. The van der Waals surface area contributed by atoms with Gasteiger partial charge in [0.25, 0.3) is 0 Å². The summed E-state index contributed by atoms with van der Waals surface area (Å²) in [6, 6.07) is 5.54. The highest BCUT2D eigenvalue weighted by Crippen LogP contribution is 2.26. The quantitative estimate of drug-likeness (QED) is 0.766. The summed E-state index contributed by atoms with van der Waals surface area (Å²) in [6.07, 6.45) is 4.33. The Kier molecular flexibility index (Phi) is 3.75.